The van der Waals surface area contributed by atoms with Gasteiger partial charge in [0, 0.05) is 31.9 Å². The van der Waals surface area contributed by atoms with Gasteiger partial charge in [0.05, 0.1) is 12.0 Å². The number of fused-ring (bicyclic) bond motifs is 2. The molecule has 0 radical (unpaired) electrons. The normalized spacial score (nSPS) is 20.5. The highest BCUT2D eigenvalue weighted by atomic mass is 32.2. The van der Waals surface area contributed by atoms with E-state index in [2.05, 4.69) is 6.72 Å². The van der Waals surface area contributed by atoms with Gasteiger partial charge in [0.15, 0.2) is 5.37 Å². The van der Waals surface area contributed by atoms with Crippen molar-refractivity contribution in [1.82, 2.24) is 4.90 Å². The number of thioether (sulfide) groups is 1. The quantitative estimate of drug-likeness (QED) is 0.184. The van der Waals surface area contributed by atoms with E-state index in [1.54, 1.807) is 37.1 Å². The molecule has 2 aromatic rings. The second-order valence-electron chi connectivity index (χ2n) is 9.87. The highest BCUT2D eigenvalue weighted by molar-refractivity contribution is 8.00. The summed E-state index contributed by atoms with van der Waals surface area (Å²) in [5, 5.41) is 1.83. The minimum Gasteiger partial charge on any atom is -0.425 e. The molecule has 0 spiro atoms. The molecule has 2 unspecified atom stereocenters. The van der Waals surface area contributed by atoms with E-state index >= 15 is 0 Å². The lowest BCUT2D eigenvalue weighted by atomic mass is 9.97. The molecule has 3 atom stereocenters. The molecule has 9 heteroatoms. The van der Waals surface area contributed by atoms with E-state index in [-0.39, 0.29) is 23.6 Å². The molecular formula is C27H31N2O6S+. The average Bonchev–Trinajstić information content (AvgIpc) is 2.83. The van der Waals surface area contributed by atoms with E-state index in [1.165, 1.54) is 18.9 Å². The molecule has 2 heterocycles. The highest BCUT2D eigenvalue weighted by Crippen LogP contribution is 2.43. The van der Waals surface area contributed by atoms with E-state index in [0.29, 0.717) is 11.3 Å². The topological polar surface area (TPSA) is 85.2 Å². The van der Waals surface area contributed by atoms with Gasteiger partial charge in [-0.3, -0.25) is 14.5 Å². The summed E-state index contributed by atoms with van der Waals surface area (Å²) in [6.45, 7) is 11.0. The summed E-state index contributed by atoms with van der Waals surface area (Å²) in [6.07, 6.45) is -1.11. The molecule has 0 saturated carbocycles. The van der Waals surface area contributed by atoms with Crippen LogP contribution in [0.15, 0.2) is 53.7 Å². The van der Waals surface area contributed by atoms with Crippen LogP contribution in [0.4, 0.5) is 5.69 Å². The molecule has 0 bridgehead atoms. The second-order valence-corrected chi connectivity index (χ2v) is 11.0. The fourth-order valence-corrected chi connectivity index (χ4v) is 5.56. The first-order valence-corrected chi connectivity index (χ1v) is 12.7. The van der Waals surface area contributed by atoms with E-state index in [4.69, 9.17) is 14.2 Å². The zero-order valence-electron chi connectivity index (χ0n) is 21.1. The van der Waals surface area contributed by atoms with Gasteiger partial charge >= 0.3 is 17.8 Å². The zero-order valence-corrected chi connectivity index (χ0v) is 22.0. The maximum absolute atomic E-state index is 13.4. The van der Waals surface area contributed by atoms with Gasteiger partial charge in [0.1, 0.15) is 12.4 Å². The summed E-state index contributed by atoms with van der Waals surface area (Å²) >= 11 is 1.55. The van der Waals surface area contributed by atoms with E-state index in [9.17, 15) is 14.4 Å². The lowest BCUT2D eigenvalue weighted by molar-refractivity contribution is -0.477. The lowest BCUT2D eigenvalue weighted by Gasteiger charge is -2.46. The number of carbonyl (C=O) groups excluding carboxylic acids is 3. The first-order chi connectivity index (χ1) is 17.0. The van der Waals surface area contributed by atoms with E-state index in [1.807, 2.05) is 42.5 Å². The number of methoxy groups -OCH3 is 1. The Hall–Kier alpha value is -3.17. The predicted octanol–water partition coefficient (Wildman–Crippen LogP) is 3.85. The minimum absolute atomic E-state index is 0.146. The molecule has 0 aromatic heterocycles. The molecule has 2 aromatic carbocycles. The van der Waals surface area contributed by atoms with Gasteiger partial charge in [0.25, 0.3) is 6.04 Å². The molecule has 8 nitrogen and oxygen atoms in total. The number of ether oxygens (including phenoxy) is 3. The summed E-state index contributed by atoms with van der Waals surface area (Å²) in [7, 11) is 1.53. The van der Waals surface area contributed by atoms with Crippen molar-refractivity contribution < 1.29 is 33.2 Å². The van der Waals surface area contributed by atoms with E-state index in [0.717, 1.165) is 16.5 Å². The molecule has 2 aliphatic heterocycles. The van der Waals surface area contributed by atoms with Crippen LogP contribution in [-0.2, 0) is 28.6 Å². The number of benzene rings is 2. The lowest BCUT2D eigenvalue weighted by Crippen LogP contribution is -2.68. The first-order valence-electron chi connectivity index (χ1n) is 11.7. The van der Waals surface area contributed by atoms with Crippen LogP contribution < -0.4 is 0 Å². The molecule has 36 heavy (non-hydrogen) atoms. The van der Waals surface area contributed by atoms with Gasteiger partial charge in [-0.15, -0.1) is 11.8 Å². The van der Waals surface area contributed by atoms with Crippen molar-refractivity contribution in [2.75, 3.05) is 19.5 Å². The van der Waals surface area contributed by atoms with Gasteiger partial charge in [0.2, 0.25) is 12.0 Å². The molecule has 0 aliphatic carbocycles. The van der Waals surface area contributed by atoms with Crippen LogP contribution >= 0.6 is 11.8 Å². The molecule has 190 valence electrons. The predicted molar refractivity (Wildman–Crippen MR) is 138 cm³/mol. The summed E-state index contributed by atoms with van der Waals surface area (Å²) < 4.78 is 17.7. The third kappa shape index (κ3) is 4.90. The van der Waals surface area contributed by atoms with Crippen LogP contribution in [-0.4, -0.2) is 71.2 Å². The fourth-order valence-electron chi connectivity index (χ4n) is 4.17. The van der Waals surface area contributed by atoms with Gasteiger partial charge in [-0.05, 0) is 43.2 Å². The number of amides is 1. The van der Waals surface area contributed by atoms with Crippen molar-refractivity contribution in [2.45, 2.75) is 45.4 Å². The first kappa shape index (κ1) is 25.9. The Balaban J connectivity index is 1.54. The number of hydrogen-bond donors (Lipinski definition) is 0. The Morgan fingerprint density at radius 2 is 1.86 bits per heavy atom. The smallest absolute Gasteiger partial charge is 0.358 e. The number of hydrogen-bond acceptors (Lipinski definition) is 7. The Labute approximate surface area is 214 Å². The standard InChI is InChI=1S/C27H31N2O6S/c1-16(35-26(32)27(2,3)4)34-25(31)21-19(14-33-6)15-36-24-22(23(30)29(21)24)28(5)20-12-11-17-9-7-8-10-18(17)13-20/h7-13,16,22,24H,5,14-15H2,1-4,6H3/q+1/t16?,22?,24-/m0/s1. The largest absolute Gasteiger partial charge is 0.425 e. The molecule has 2 aliphatic rings. The molecule has 1 saturated heterocycles. The summed E-state index contributed by atoms with van der Waals surface area (Å²) in [6, 6.07) is 13.4. The second kappa shape index (κ2) is 10.1. The Morgan fingerprint density at radius 1 is 1.17 bits per heavy atom. The molecule has 0 N–H and O–H groups in total. The van der Waals surface area contributed by atoms with E-state index < -0.39 is 29.7 Å². The van der Waals surface area contributed by atoms with Crippen molar-refractivity contribution in [3.05, 3.63) is 53.7 Å². The average molecular weight is 512 g/mol. The van der Waals surface area contributed by atoms with Crippen LogP contribution in [0.1, 0.15) is 27.7 Å². The molecular weight excluding hydrogens is 480 g/mol. The third-order valence-corrected chi connectivity index (χ3v) is 7.42. The maximum Gasteiger partial charge on any atom is 0.358 e. The van der Waals surface area contributed by atoms with Crippen molar-refractivity contribution in [3.63, 3.8) is 0 Å². The fraction of sp³-hybridized carbons (Fsp3) is 0.407. The van der Waals surface area contributed by atoms with Crippen LogP contribution in [0.25, 0.3) is 10.8 Å². The Bertz CT molecular complexity index is 1260. The third-order valence-electron chi connectivity index (χ3n) is 6.09. The van der Waals surface area contributed by atoms with Crippen molar-refractivity contribution in [2.24, 2.45) is 5.41 Å². The maximum atomic E-state index is 13.4. The number of carbonyl (C=O) groups is 3. The number of nitrogens with zero attached hydrogens (tertiary/aromatic N) is 2. The van der Waals surface area contributed by atoms with Gasteiger partial charge < -0.3 is 14.2 Å². The van der Waals surface area contributed by atoms with Gasteiger partial charge in [-0.2, -0.15) is 4.58 Å². The summed E-state index contributed by atoms with van der Waals surface area (Å²) in [5.41, 5.74) is 0.860. The minimum atomic E-state index is -1.11. The molecule has 1 amide bonds. The number of β-lactam (4-membered cyclic amide) rings is 1. The molecule has 1 fully saturated rings. The van der Waals surface area contributed by atoms with Crippen LogP contribution in [0.3, 0.4) is 0 Å². The van der Waals surface area contributed by atoms with Gasteiger partial charge in [-0.25, -0.2) is 4.79 Å². The molecule has 4 rings (SSSR count). The monoisotopic (exact) mass is 511 g/mol. The van der Waals surface area contributed by atoms with Crippen LogP contribution in [0.5, 0.6) is 0 Å². The SMILES string of the molecule is C=[N+](c1ccc2ccccc2c1)C1C(=O)N2C(C(=O)OC(C)OC(=O)C(C)(C)C)=C(COC)CS[C@@H]12. The Kier molecular flexibility index (Phi) is 7.24. The van der Waals surface area contributed by atoms with Crippen molar-refractivity contribution in [3.8, 4) is 0 Å². The summed E-state index contributed by atoms with van der Waals surface area (Å²) in [5.74, 6) is -0.982. The van der Waals surface area contributed by atoms with Gasteiger partial charge in [-0.1, -0.05) is 24.3 Å². The highest BCUT2D eigenvalue weighted by Gasteiger charge is 2.60. The Morgan fingerprint density at radius 3 is 2.53 bits per heavy atom. The van der Waals surface area contributed by atoms with Crippen LogP contribution in [0, 0.1) is 5.41 Å². The number of esters is 2. The van der Waals surface area contributed by atoms with Crippen LogP contribution in [0.2, 0.25) is 0 Å². The van der Waals surface area contributed by atoms with Crippen molar-refractivity contribution in [1.29, 1.82) is 0 Å². The number of rotatable bonds is 7. The zero-order chi connectivity index (χ0) is 26.2. The van der Waals surface area contributed by atoms with Crippen molar-refractivity contribution >= 4 is 52.8 Å². The summed E-state index contributed by atoms with van der Waals surface area (Å²) in [4.78, 5) is 40.2.